The number of nitrogens with one attached hydrogen (secondary N) is 1. The lowest BCUT2D eigenvalue weighted by atomic mass is 9.85. The molecule has 0 saturated carbocycles. The molecule has 194 valence electrons. The normalized spacial score (nSPS) is 16.6. The van der Waals surface area contributed by atoms with Gasteiger partial charge in [0.25, 0.3) is 0 Å². The van der Waals surface area contributed by atoms with Crippen molar-refractivity contribution >= 4 is 17.4 Å². The largest absolute Gasteiger partial charge is 0.493 e. The number of hydrogen-bond donors (Lipinski definition) is 1. The summed E-state index contributed by atoms with van der Waals surface area (Å²) in [6, 6.07) is 11.6. The van der Waals surface area contributed by atoms with Crippen LogP contribution in [-0.4, -0.2) is 55.0 Å². The molecular formula is C28H33N5O4. The molecule has 1 N–H and O–H groups in total. The summed E-state index contributed by atoms with van der Waals surface area (Å²) in [5, 5.41) is 8.30. The zero-order chi connectivity index (χ0) is 26.1. The first-order valence-corrected chi connectivity index (χ1v) is 12.7. The number of ether oxygens (including phenoxy) is 3. The lowest BCUT2D eigenvalue weighted by Crippen LogP contribution is -2.31. The molecule has 0 bridgehead atoms. The Balaban J connectivity index is 1.63. The summed E-state index contributed by atoms with van der Waals surface area (Å²) < 4.78 is 18.6. The maximum atomic E-state index is 13.2. The maximum absolute atomic E-state index is 13.2. The van der Waals surface area contributed by atoms with E-state index in [1.807, 2.05) is 24.3 Å². The van der Waals surface area contributed by atoms with E-state index in [4.69, 9.17) is 24.3 Å². The number of nitrogens with zero attached hydrogens (tertiary/aromatic N) is 4. The molecule has 9 nitrogen and oxygen atoms in total. The first kappa shape index (κ1) is 24.7. The van der Waals surface area contributed by atoms with Crippen molar-refractivity contribution in [3.05, 3.63) is 53.2 Å². The Morgan fingerprint density at radius 3 is 2.27 bits per heavy atom. The minimum absolute atomic E-state index is 0.110. The van der Waals surface area contributed by atoms with Crippen LogP contribution in [0.4, 0.5) is 11.6 Å². The fourth-order valence-corrected chi connectivity index (χ4v) is 5.26. The molecule has 2 heterocycles. The smallest absolute Gasteiger partial charge is 0.226 e. The third kappa shape index (κ3) is 4.28. The van der Waals surface area contributed by atoms with E-state index >= 15 is 0 Å². The maximum Gasteiger partial charge on any atom is 0.226 e. The Morgan fingerprint density at radius 1 is 1.00 bits per heavy atom. The summed E-state index contributed by atoms with van der Waals surface area (Å²) >= 11 is 0. The standard InChI is InChI=1S/C28H33N5O4/c1-6-32(7-2)19-13-11-17(12-14-19)27-30-28-29-20-9-8-10-21(34)24(20)25(33(28)31-27)18-15-22(35-3)26(37-5)23(16-18)36-4/h11-16,25H,6-10H2,1-5H3,(H,29,30,31). The number of benzene rings is 2. The van der Waals surface area contributed by atoms with E-state index in [2.05, 4.69) is 36.2 Å². The molecule has 1 aliphatic carbocycles. The van der Waals surface area contributed by atoms with E-state index in [0.717, 1.165) is 48.4 Å². The van der Waals surface area contributed by atoms with Crippen LogP contribution in [0.15, 0.2) is 47.7 Å². The second-order valence-electron chi connectivity index (χ2n) is 9.08. The highest BCUT2D eigenvalue weighted by Crippen LogP contribution is 2.45. The molecule has 0 amide bonds. The van der Waals surface area contributed by atoms with Crippen molar-refractivity contribution in [2.24, 2.45) is 0 Å². The van der Waals surface area contributed by atoms with Gasteiger partial charge in [-0.15, -0.1) is 5.10 Å². The number of fused-ring (bicyclic) bond motifs is 1. The number of hydrogen-bond acceptors (Lipinski definition) is 8. The Kier molecular flexibility index (Phi) is 6.78. The van der Waals surface area contributed by atoms with Crippen LogP contribution in [0.2, 0.25) is 0 Å². The van der Waals surface area contributed by atoms with Crippen molar-refractivity contribution in [2.75, 3.05) is 44.6 Å². The molecular weight excluding hydrogens is 470 g/mol. The number of rotatable bonds is 8. The Morgan fingerprint density at radius 2 is 1.68 bits per heavy atom. The van der Waals surface area contributed by atoms with E-state index in [0.29, 0.717) is 41.0 Å². The highest BCUT2D eigenvalue weighted by Gasteiger charge is 2.38. The van der Waals surface area contributed by atoms with Gasteiger partial charge in [-0.05, 0) is 68.7 Å². The quantitative estimate of drug-likeness (QED) is 0.467. The first-order chi connectivity index (χ1) is 18.0. The van der Waals surface area contributed by atoms with Gasteiger partial charge < -0.3 is 24.4 Å². The van der Waals surface area contributed by atoms with Gasteiger partial charge in [0.1, 0.15) is 6.04 Å². The van der Waals surface area contributed by atoms with Crippen molar-refractivity contribution in [3.8, 4) is 28.6 Å². The summed E-state index contributed by atoms with van der Waals surface area (Å²) in [4.78, 5) is 20.4. The summed E-state index contributed by atoms with van der Waals surface area (Å²) in [5.41, 5.74) is 4.49. The van der Waals surface area contributed by atoms with E-state index in [1.54, 1.807) is 26.0 Å². The average Bonchev–Trinajstić information content (AvgIpc) is 3.36. The number of Topliss-reactive ketones (excluding diaryl/α,β-unsaturated/α-hetero) is 1. The third-order valence-electron chi connectivity index (χ3n) is 7.12. The summed E-state index contributed by atoms with van der Waals surface area (Å²) in [5.74, 6) is 2.86. The van der Waals surface area contributed by atoms with Crippen LogP contribution in [0.5, 0.6) is 17.2 Å². The SMILES string of the molecule is CCN(CC)c1ccc(-c2nc3n(n2)C(c2cc(OC)c(OC)c(OC)c2)C2=C(CCCC2=O)N3)cc1. The zero-order valence-corrected chi connectivity index (χ0v) is 22.0. The molecule has 37 heavy (non-hydrogen) atoms. The van der Waals surface area contributed by atoms with Gasteiger partial charge in [-0.3, -0.25) is 4.79 Å². The zero-order valence-electron chi connectivity index (χ0n) is 22.0. The van der Waals surface area contributed by atoms with Gasteiger partial charge in [-0.1, -0.05) is 0 Å². The Bertz CT molecular complexity index is 1320. The number of aromatic nitrogens is 3. The van der Waals surface area contributed by atoms with E-state index < -0.39 is 6.04 Å². The topological polar surface area (TPSA) is 90.7 Å². The molecule has 0 saturated heterocycles. The van der Waals surface area contributed by atoms with Crippen LogP contribution in [0, 0.1) is 0 Å². The van der Waals surface area contributed by atoms with Crippen LogP contribution in [0.3, 0.4) is 0 Å². The van der Waals surface area contributed by atoms with Crippen molar-refractivity contribution in [2.45, 2.75) is 39.2 Å². The van der Waals surface area contributed by atoms with E-state index in [1.165, 1.54) is 0 Å². The van der Waals surface area contributed by atoms with Crippen LogP contribution in [0.25, 0.3) is 11.4 Å². The van der Waals surface area contributed by atoms with Gasteiger partial charge >= 0.3 is 0 Å². The van der Waals surface area contributed by atoms with Crippen LogP contribution < -0.4 is 24.4 Å². The minimum Gasteiger partial charge on any atom is -0.493 e. The molecule has 5 rings (SSSR count). The second kappa shape index (κ2) is 10.2. The fraction of sp³-hybridized carbons (Fsp3) is 0.393. The second-order valence-corrected chi connectivity index (χ2v) is 9.08. The lowest BCUT2D eigenvalue weighted by Gasteiger charge is -2.32. The summed E-state index contributed by atoms with van der Waals surface area (Å²) in [6.45, 7) is 6.18. The molecule has 1 unspecified atom stereocenters. The van der Waals surface area contributed by atoms with Gasteiger partial charge in [0, 0.05) is 42.0 Å². The minimum atomic E-state index is -0.469. The predicted molar refractivity (Wildman–Crippen MR) is 143 cm³/mol. The van der Waals surface area contributed by atoms with E-state index in [-0.39, 0.29) is 5.78 Å². The van der Waals surface area contributed by atoms with Crippen LogP contribution >= 0.6 is 0 Å². The molecule has 9 heteroatoms. The van der Waals surface area contributed by atoms with Gasteiger partial charge in [-0.25, -0.2) is 4.68 Å². The summed E-state index contributed by atoms with van der Waals surface area (Å²) in [6.07, 6.45) is 2.09. The predicted octanol–water partition coefficient (Wildman–Crippen LogP) is 4.84. The highest BCUT2D eigenvalue weighted by molar-refractivity contribution is 5.99. The first-order valence-electron chi connectivity index (χ1n) is 12.7. The van der Waals surface area contributed by atoms with Crippen molar-refractivity contribution in [1.82, 2.24) is 14.8 Å². The van der Waals surface area contributed by atoms with Gasteiger partial charge in [0.05, 0.1) is 21.3 Å². The molecule has 0 spiro atoms. The molecule has 1 atom stereocenters. The monoisotopic (exact) mass is 503 g/mol. The molecule has 2 aromatic carbocycles. The van der Waals surface area contributed by atoms with Crippen molar-refractivity contribution in [3.63, 3.8) is 0 Å². The van der Waals surface area contributed by atoms with Gasteiger partial charge in [-0.2, -0.15) is 4.98 Å². The average molecular weight is 504 g/mol. The molecule has 0 fully saturated rings. The molecule has 1 aromatic heterocycles. The third-order valence-corrected chi connectivity index (χ3v) is 7.12. The molecule has 3 aromatic rings. The molecule has 0 radical (unpaired) electrons. The lowest BCUT2D eigenvalue weighted by molar-refractivity contribution is -0.116. The van der Waals surface area contributed by atoms with Crippen LogP contribution in [0.1, 0.15) is 44.7 Å². The van der Waals surface area contributed by atoms with Crippen molar-refractivity contribution in [1.29, 1.82) is 0 Å². The number of carbonyl (C=O) groups is 1. The Labute approximate surface area is 217 Å². The number of carbonyl (C=O) groups excluding carboxylic acids is 1. The number of allylic oxidation sites excluding steroid dienone is 2. The molecule has 2 aliphatic rings. The number of methoxy groups -OCH3 is 3. The Hall–Kier alpha value is -4.01. The highest BCUT2D eigenvalue weighted by atomic mass is 16.5. The van der Waals surface area contributed by atoms with E-state index in [9.17, 15) is 4.79 Å². The summed E-state index contributed by atoms with van der Waals surface area (Å²) in [7, 11) is 4.74. The fourth-order valence-electron chi connectivity index (χ4n) is 5.26. The number of anilines is 2. The van der Waals surface area contributed by atoms with Gasteiger partial charge in [0.15, 0.2) is 23.1 Å². The van der Waals surface area contributed by atoms with Crippen LogP contribution in [-0.2, 0) is 4.79 Å². The molecule has 1 aliphatic heterocycles. The van der Waals surface area contributed by atoms with Crippen molar-refractivity contribution < 1.29 is 19.0 Å². The van der Waals surface area contributed by atoms with Gasteiger partial charge in [0.2, 0.25) is 11.7 Å². The number of ketones is 1.